The van der Waals surface area contributed by atoms with Crippen LogP contribution in [0.15, 0.2) is 47.5 Å². The Hall–Kier alpha value is -3.07. The number of thioether (sulfide) groups is 1. The Morgan fingerprint density at radius 3 is 2.52 bits per heavy atom. The summed E-state index contributed by atoms with van der Waals surface area (Å²) in [7, 11) is 4.68. The third-order valence-corrected chi connectivity index (χ3v) is 5.97. The number of hydrogen-bond donors (Lipinski definition) is 1. The van der Waals surface area contributed by atoms with E-state index in [1.165, 1.54) is 30.9 Å². The molecule has 1 fully saturated rings. The molecule has 3 rings (SSSR count). The van der Waals surface area contributed by atoms with Crippen LogP contribution in [0.3, 0.4) is 0 Å². The van der Waals surface area contributed by atoms with Gasteiger partial charge in [-0.25, -0.2) is 9.38 Å². The lowest BCUT2D eigenvalue weighted by Crippen LogP contribution is -2.35. The average Bonchev–Trinajstić information content (AvgIpc) is 3.07. The van der Waals surface area contributed by atoms with E-state index in [0.29, 0.717) is 35.3 Å². The molecule has 0 aromatic heterocycles. The van der Waals surface area contributed by atoms with Gasteiger partial charge in [0.25, 0.3) is 0 Å². The number of nitrogens with one attached hydrogen (secondary N) is 1. The van der Waals surface area contributed by atoms with Crippen LogP contribution < -0.4 is 14.8 Å². The van der Waals surface area contributed by atoms with Gasteiger partial charge in [-0.1, -0.05) is 17.8 Å². The first-order chi connectivity index (χ1) is 14.9. The predicted molar refractivity (Wildman–Crippen MR) is 119 cm³/mol. The van der Waals surface area contributed by atoms with E-state index in [1.54, 1.807) is 31.3 Å². The highest BCUT2D eigenvalue weighted by Crippen LogP contribution is 2.32. The van der Waals surface area contributed by atoms with E-state index in [0.717, 1.165) is 5.56 Å². The molecule has 1 saturated heterocycles. The summed E-state index contributed by atoms with van der Waals surface area (Å²) in [6.07, 6.45) is 0.622. The maximum atomic E-state index is 13.2. The Morgan fingerprint density at radius 2 is 1.87 bits per heavy atom. The summed E-state index contributed by atoms with van der Waals surface area (Å²) in [5, 5.41) is 2.49. The van der Waals surface area contributed by atoms with Gasteiger partial charge < -0.3 is 14.8 Å². The molecule has 1 aliphatic rings. The number of benzene rings is 2. The molecule has 0 aliphatic carbocycles. The number of amidine groups is 1. The van der Waals surface area contributed by atoms with E-state index < -0.39 is 5.25 Å². The van der Waals surface area contributed by atoms with Crippen molar-refractivity contribution in [2.45, 2.75) is 18.1 Å². The first-order valence-electron chi connectivity index (χ1n) is 9.69. The molecule has 1 atom stereocenters. The molecule has 1 N–H and O–H groups in total. The normalized spacial score (nSPS) is 17.2. The minimum Gasteiger partial charge on any atom is -0.493 e. The number of halogens is 1. The summed E-state index contributed by atoms with van der Waals surface area (Å²) in [5.74, 6) is 0.494. The monoisotopic (exact) mass is 445 g/mol. The van der Waals surface area contributed by atoms with Gasteiger partial charge >= 0.3 is 0 Å². The largest absolute Gasteiger partial charge is 0.493 e. The molecular formula is C22H24FN3O4S. The van der Waals surface area contributed by atoms with Crippen LogP contribution in [0.25, 0.3) is 0 Å². The van der Waals surface area contributed by atoms with Crippen LogP contribution in [0.5, 0.6) is 11.5 Å². The van der Waals surface area contributed by atoms with E-state index in [9.17, 15) is 14.0 Å². The second-order valence-electron chi connectivity index (χ2n) is 6.78. The Balaban J connectivity index is 1.82. The number of ether oxygens (including phenoxy) is 2. The molecule has 164 valence electrons. The van der Waals surface area contributed by atoms with Gasteiger partial charge in [0.05, 0.1) is 19.9 Å². The highest BCUT2D eigenvalue weighted by Gasteiger charge is 2.38. The Morgan fingerprint density at radius 1 is 1.16 bits per heavy atom. The van der Waals surface area contributed by atoms with Crippen LogP contribution in [0.2, 0.25) is 0 Å². The van der Waals surface area contributed by atoms with Crippen molar-refractivity contribution in [2.24, 2.45) is 4.99 Å². The number of carbonyl (C=O) groups is 2. The summed E-state index contributed by atoms with van der Waals surface area (Å²) in [6, 6.07) is 11.3. The molecule has 31 heavy (non-hydrogen) atoms. The number of hydrogen-bond acceptors (Lipinski definition) is 6. The number of methoxy groups -OCH3 is 2. The Bertz CT molecular complexity index is 981. The average molecular weight is 446 g/mol. The van der Waals surface area contributed by atoms with E-state index in [4.69, 9.17) is 9.47 Å². The van der Waals surface area contributed by atoms with Crippen LogP contribution in [0.1, 0.15) is 12.0 Å². The van der Waals surface area contributed by atoms with Gasteiger partial charge in [0.1, 0.15) is 11.1 Å². The van der Waals surface area contributed by atoms with E-state index >= 15 is 0 Å². The third-order valence-electron chi connectivity index (χ3n) is 4.79. The molecule has 0 saturated carbocycles. The highest BCUT2D eigenvalue weighted by molar-refractivity contribution is 8.15. The fraction of sp³-hybridized carbons (Fsp3) is 0.318. The molecule has 1 unspecified atom stereocenters. The van der Waals surface area contributed by atoms with Gasteiger partial charge in [-0.2, -0.15) is 0 Å². The van der Waals surface area contributed by atoms with Crippen molar-refractivity contribution in [3.8, 4) is 11.5 Å². The molecule has 0 bridgehead atoms. The molecule has 0 spiro atoms. The molecule has 2 amide bonds. The fourth-order valence-electron chi connectivity index (χ4n) is 3.10. The van der Waals surface area contributed by atoms with Crippen molar-refractivity contribution < 1.29 is 23.5 Å². The van der Waals surface area contributed by atoms with Crippen LogP contribution >= 0.6 is 11.8 Å². The summed E-state index contributed by atoms with van der Waals surface area (Å²) in [5.41, 5.74) is 1.50. The molecule has 9 heteroatoms. The zero-order chi connectivity index (χ0) is 22.4. The number of amides is 2. The minimum absolute atomic E-state index is 0.0648. The van der Waals surface area contributed by atoms with E-state index in [2.05, 4.69) is 10.3 Å². The maximum absolute atomic E-state index is 13.2. The van der Waals surface area contributed by atoms with Crippen molar-refractivity contribution in [3.05, 3.63) is 53.8 Å². The predicted octanol–water partition coefficient (Wildman–Crippen LogP) is 3.15. The van der Waals surface area contributed by atoms with Crippen LogP contribution in [0, 0.1) is 5.82 Å². The number of rotatable bonds is 8. The molecule has 0 radical (unpaired) electrons. The summed E-state index contributed by atoms with van der Waals surface area (Å²) in [6.45, 7) is 0.381. The lowest BCUT2D eigenvalue weighted by Gasteiger charge is -2.17. The lowest BCUT2D eigenvalue weighted by atomic mass is 10.1. The summed E-state index contributed by atoms with van der Waals surface area (Å²) >= 11 is 1.25. The highest BCUT2D eigenvalue weighted by atomic mass is 32.2. The van der Waals surface area contributed by atoms with Crippen LogP contribution in [0.4, 0.5) is 10.1 Å². The second kappa shape index (κ2) is 10.3. The van der Waals surface area contributed by atoms with Crippen LogP contribution in [-0.4, -0.2) is 54.9 Å². The molecule has 2 aromatic rings. The van der Waals surface area contributed by atoms with Gasteiger partial charge in [-0.05, 0) is 48.4 Å². The smallest absolute Gasteiger partial charge is 0.242 e. The molecule has 7 nitrogen and oxygen atoms in total. The fourth-order valence-corrected chi connectivity index (χ4v) is 4.29. The van der Waals surface area contributed by atoms with E-state index in [-0.39, 0.29) is 24.1 Å². The number of aliphatic imine (C=N–C) groups is 1. The molecule has 1 aliphatic heterocycles. The van der Waals surface area contributed by atoms with Crippen molar-refractivity contribution in [3.63, 3.8) is 0 Å². The quantitative estimate of drug-likeness (QED) is 0.675. The SMILES string of the molecule is CNC(=O)CC1SC(=Nc2ccc(F)cc2)N(CCc2ccc(OC)c(OC)c2)C1=O. The Labute approximate surface area is 184 Å². The van der Waals surface area contributed by atoms with Gasteiger partial charge in [0, 0.05) is 20.0 Å². The third kappa shape index (κ3) is 5.55. The summed E-state index contributed by atoms with van der Waals surface area (Å²) < 4.78 is 23.8. The molecular weight excluding hydrogens is 421 g/mol. The van der Waals surface area contributed by atoms with Gasteiger partial charge in [0.2, 0.25) is 11.8 Å². The van der Waals surface area contributed by atoms with Crippen molar-refractivity contribution >= 4 is 34.4 Å². The molecule has 2 aromatic carbocycles. The van der Waals surface area contributed by atoms with Gasteiger partial charge in [-0.3, -0.25) is 14.5 Å². The zero-order valence-corrected chi connectivity index (χ0v) is 18.4. The maximum Gasteiger partial charge on any atom is 0.242 e. The topological polar surface area (TPSA) is 80.2 Å². The standard InChI is InChI=1S/C22H24FN3O4S/c1-24-20(27)13-19-21(28)26(22(31-19)25-16-7-5-15(23)6-8-16)11-10-14-4-9-17(29-2)18(12-14)30-3/h4-9,12,19H,10-11,13H2,1-3H3,(H,24,27). The number of carbonyl (C=O) groups excluding carboxylic acids is 2. The first kappa shape index (κ1) is 22.6. The van der Waals surface area contributed by atoms with Crippen LogP contribution in [-0.2, 0) is 16.0 Å². The van der Waals surface area contributed by atoms with Crippen molar-refractivity contribution in [2.75, 3.05) is 27.8 Å². The molecule has 1 heterocycles. The lowest BCUT2D eigenvalue weighted by molar-refractivity contribution is -0.129. The Kier molecular flexibility index (Phi) is 7.51. The first-order valence-corrected chi connectivity index (χ1v) is 10.6. The van der Waals surface area contributed by atoms with Crippen molar-refractivity contribution in [1.29, 1.82) is 0 Å². The second-order valence-corrected chi connectivity index (χ2v) is 7.95. The van der Waals surface area contributed by atoms with Gasteiger partial charge in [0.15, 0.2) is 16.7 Å². The van der Waals surface area contributed by atoms with E-state index in [1.807, 2.05) is 18.2 Å². The van der Waals surface area contributed by atoms with Crippen molar-refractivity contribution in [1.82, 2.24) is 10.2 Å². The minimum atomic E-state index is -0.551. The number of nitrogens with zero attached hydrogens (tertiary/aromatic N) is 2. The zero-order valence-electron chi connectivity index (χ0n) is 17.6. The summed E-state index contributed by atoms with van der Waals surface area (Å²) in [4.78, 5) is 30.9. The van der Waals surface area contributed by atoms with Gasteiger partial charge in [-0.15, -0.1) is 0 Å².